The lowest BCUT2D eigenvalue weighted by Gasteiger charge is -2.11. The predicted molar refractivity (Wildman–Crippen MR) is 72.7 cm³/mol. The van der Waals surface area contributed by atoms with Crippen LogP contribution in [-0.4, -0.2) is 8.42 Å². The molecule has 0 radical (unpaired) electrons. The Morgan fingerprint density at radius 1 is 1.14 bits per heavy atom. The predicted octanol–water partition coefficient (Wildman–Crippen LogP) is 2.22. The average Bonchev–Trinajstić information content (AvgIpc) is 2.43. The lowest BCUT2D eigenvalue weighted by Crippen LogP contribution is -2.16. The monoisotopic (exact) mass is 309 g/mol. The van der Waals surface area contributed by atoms with Gasteiger partial charge in [0.2, 0.25) is 0 Å². The number of anilines is 2. The van der Waals surface area contributed by atoms with E-state index in [0.29, 0.717) is 12.1 Å². The minimum absolute atomic E-state index is 0.0118. The fraction of sp³-hybridized carbons (Fsp3) is 0. The summed E-state index contributed by atoms with van der Waals surface area (Å²) < 4.78 is 53.0. The van der Waals surface area contributed by atoms with Crippen LogP contribution in [0.4, 0.5) is 20.2 Å². The van der Waals surface area contributed by atoms with E-state index in [1.165, 1.54) is 18.2 Å². The van der Waals surface area contributed by atoms with Crippen molar-refractivity contribution in [1.82, 2.24) is 0 Å². The fourth-order valence-electron chi connectivity index (χ4n) is 1.62. The Kier molecular flexibility index (Phi) is 3.78. The zero-order valence-corrected chi connectivity index (χ0v) is 11.3. The van der Waals surface area contributed by atoms with Gasteiger partial charge in [0.1, 0.15) is 22.6 Å². The second-order valence-corrected chi connectivity index (χ2v) is 5.72. The summed E-state index contributed by atoms with van der Waals surface area (Å²) in [6.07, 6.45) is 0. The minimum atomic E-state index is -4.34. The normalized spacial score (nSPS) is 10.9. The van der Waals surface area contributed by atoms with Gasteiger partial charge in [-0.2, -0.15) is 5.26 Å². The van der Waals surface area contributed by atoms with E-state index in [4.69, 9.17) is 11.0 Å². The summed E-state index contributed by atoms with van der Waals surface area (Å²) in [5, 5.41) is 8.89. The van der Waals surface area contributed by atoms with Crippen LogP contribution in [0.3, 0.4) is 0 Å². The molecule has 0 bridgehead atoms. The SMILES string of the molecule is N#Cc1ccccc1NS(=O)(=O)c1cc(N)c(F)cc1F. The maximum atomic E-state index is 13.6. The van der Waals surface area contributed by atoms with E-state index in [9.17, 15) is 17.2 Å². The number of hydrogen-bond donors (Lipinski definition) is 2. The van der Waals surface area contributed by atoms with Crippen molar-refractivity contribution in [3.05, 3.63) is 53.6 Å². The molecule has 0 aliphatic heterocycles. The Morgan fingerprint density at radius 3 is 2.48 bits per heavy atom. The van der Waals surface area contributed by atoms with Crippen LogP contribution >= 0.6 is 0 Å². The average molecular weight is 309 g/mol. The number of para-hydroxylation sites is 1. The molecule has 3 N–H and O–H groups in total. The van der Waals surface area contributed by atoms with Gasteiger partial charge in [0.25, 0.3) is 10.0 Å². The first-order valence-electron chi connectivity index (χ1n) is 5.61. The standard InChI is InChI=1S/C13H9F2N3O2S/c14-9-5-10(15)13(6-11(9)17)21(19,20)18-12-4-2-1-3-8(12)7-16/h1-6,18H,17H2. The van der Waals surface area contributed by atoms with Crippen molar-refractivity contribution in [2.45, 2.75) is 4.90 Å². The zero-order chi connectivity index (χ0) is 15.6. The summed E-state index contributed by atoms with van der Waals surface area (Å²) in [4.78, 5) is -0.797. The number of rotatable bonds is 3. The number of sulfonamides is 1. The van der Waals surface area contributed by atoms with Crippen LogP contribution in [-0.2, 0) is 10.0 Å². The molecule has 0 aliphatic carbocycles. The molecular formula is C13H9F2N3O2S. The van der Waals surface area contributed by atoms with Crippen LogP contribution in [0.1, 0.15) is 5.56 Å². The molecule has 21 heavy (non-hydrogen) atoms. The van der Waals surface area contributed by atoms with Crippen LogP contribution in [0, 0.1) is 23.0 Å². The molecule has 0 fully saturated rings. The van der Waals surface area contributed by atoms with Gasteiger partial charge in [-0.1, -0.05) is 12.1 Å². The number of hydrogen-bond acceptors (Lipinski definition) is 4. The lowest BCUT2D eigenvalue weighted by atomic mass is 10.2. The molecule has 0 spiro atoms. The summed E-state index contributed by atoms with van der Waals surface area (Å²) >= 11 is 0. The van der Waals surface area contributed by atoms with Crippen LogP contribution < -0.4 is 10.5 Å². The van der Waals surface area contributed by atoms with Gasteiger partial charge in [0.05, 0.1) is 16.9 Å². The van der Waals surface area contributed by atoms with Crippen molar-refractivity contribution >= 4 is 21.4 Å². The number of nitriles is 1. The Morgan fingerprint density at radius 2 is 1.81 bits per heavy atom. The van der Waals surface area contributed by atoms with E-state index >= 15 is 0 Å². The van der Waals surface area contributed by atoms with Gasteiger partial charge in [-0.05, 0) is 18.2 Å². The van der Waals surface area contributed by atoms with Gasteiger partial charge in [0, 0.05) is 6.07 Å². The molecule has 8 heteroatoms. The molecule has 2 aromatic carbocycles. The first-order valence-corrected chi connectivity index (χ1v) is 7.10. The number of nitrogen functional groups attached to an aromatic ring is 1. The Hall–Kier alpha value is -2.66. The summed E-state index contributed by atoms with van der Waals surface area (Å²) in [6.45, 7) is 0. The third-order valence-electron chi connectivity index (χ3n) is 2.63. The molecule has 108 valence electrons. The quantitative estimate of drug-likeness (QED) is 0.850. The molecule has 0 atom stereocenters. The van der Waals surface area contributed by atoms with Gasteiger partial charge in [-0.25, -0.2) is 17.2 Å². The molecular weight excluding hydrogens is 300 g/mol. The van der Waals surface area contributed by atoms with Crippen LogP contribution in [0.25, 0.3) is 0 Å². The molecule has 2 rings (SSSR count). The number of nitrogens with zero attached hydrogens (tertiary/aromatic N) is 1. The Labute approximate surface area is 119 Å². The number of nitrogens with one attached hydrogen (secondary N) is 1. The van der Waals surface area contributed by atoms with E-state index in [0.717, 1.165) is 0 Å². The molecule has 0 aliphatic rings. The van der Waals surface area contributed by atoms with Crippen molar-refractivity contribution in [3.8, 4) is 6.07 Å². The summed E-state index contributed by atoms with van der Waals surface area (Å²) in [5.74, 6) is -2.33. The number of benzene rings is 2. The molecule has 0 aromatic heterocycles. The molecule has 0 saturated heterocycles. The highest BCUT2D eigenvalue weighted by Crippen LogP contribution is 2.24. The number of halogens is 2. The van der Waals surface area contributed by atoms with Crippen molar-refractivity contribution < 1.29 is 17.2 Å². The van der Waals surface area contributed by atoms with Crippen LogP contribution in [0.15, 0.2) is 41.3 Å². The molecule has 5 nitrogen and oxygen atoms in total. The molecule has 0 heterocycles. The first-order chi connectivity index (χ1) is 9.85. The van der Waals surface area contributed by atoms with Crippen LogP contribution in [0.2, 0.25) is 0 Å². The highest BCUT2D eigenvalue weighted by atomic mass is 32.2. The molecule has 2 aromatic rings. The van der Waals surface area contributed by atoms with Gasteiger partial charge < -0.3 is 5.73 Å². The van der Waals surface area contributed by atoms with Crippen molar-refractivity contribution in [1.29, 1.82) is 5.26 Å². The third-order valence-corrected chi connectivity index (χ3v) is 4.01. The van der Waals surface area contributed by atoms with Gasteiger partial charge in [-0.15, -0.1) is 0 Å². The highest BCUT2D eigenvalue weighted by molar-refractivity contribution is 7.92. The summed E-state index contributed by atoms with van der Waals surface area (Å²) in [7, 11) is -4.34. The van der Waals surface area contributed by atoms with E-state index in [2.05, 4.69) is 4.72 Å². The van der Waals surface area contributed by atoms with Crippen molar-refractivity contribution in [2.24, 2.45) is 0 Å². The maximum Gasteiger partial charge on any atom is 0.264 e. The highest BCUT2D eigenvalue weighted by Gasteiger charge is 2.22. The largest absolute Gasteiger partial charge is 0.396 e. The van der Waals surface area contributed by atoms with Gasteiger partial charge >= 0.3 is 0 Å². The van der Waals surface area contributed by atoms with Crippen LogP contribution in [0.5, 0.6) is 0 Å². The van der Waals surface area contributed by atoms with Crippen molar-refractivity contribution in [2.75, 3.05) is 10.5 Å². The van der Waals surface area contributed by atoms with E-state index < -0.39 is 32.2 Å². The van der Waals surface area contributed by atoms with E-state index in [1.807, 2.05) is 0 Å². The van der Waals surface area contributed by atoms with Gasteiger partial charge in [0.15, 0.2) is 0 Å². The topological polar surface area (TPSA) is 96.0 Å². The third kappa shape index (κ3) is 2.93. The maximum absolute atomic E-state index is 13.6. The Bertz CT molecular complexity index is 845. The Balaban J connectivity index is 2.49. The summed E-state index contributed by atoms with van der Waals surface area (Å²) in [6, 6.07) is 8.67. The first kappa shape index (κ1) is 14.7. The second-order valence-electron chi connectivity index (χ2n) is 4.07. The smallest absolute Gasteiger partial charge is 0.264 e. The van der Waals surface area contributed by atoms with Crippen molar-refractivity contribution in [3.63, 3.8) is 0 Å². The fourth-order valence-corrected chi connectivity index (χ4v) is 2.80. The molecule has 0 unspecified atom stereocenters. The lowest BCUT2D eigenvalue weighted by molar-refractivity contribution is 0.553. The zero-order valence-electron chi connectivity index (χ0n) is 10.5. The van der Waals surface area contributed by atoms with E-state index in [1.54, 1.807) is 12.1 Å². The van der Waals surface area contributed by atoms with E-state index in [-0.39, 0.29) is 11.3 Å². The number of nitrogens with two attached hydrogens (primary N) is 1. The van der Waals surface area contributed by atoms with Gasteiger partial charge in [-0.3, -0.25) is 4.72 Å². The second kappa shape index (κ2) is 5.38. The molecule has 0 amide bonds. The molecule has 0 saturated carbocycles. The summed E-state index contributed by atoms with van der Waals surface area (Å²) in [5.41, 5.74) is 4.81. The minimum Gasteiger partial charge on any atom is -0.396 e.